The Kier molecular flexibility index (Phi) is 5.41. The van der Waals surface area contributed by atoms with E-state index in [2.05, 4.69) is 150 Å². The van der Waals surface area contributed by atoms with Crippen LogP contribution in [0, 0.1) is 0 Å². The molecule has 190 valence electrons. The van der Waals surface area contributed by atoms with Gasteiger partial charge in [0.2, 0.25) is 0 Å². The normalized spacial score (nSPS) is 14.6. The zero-order valence-corrected chi connectivity index (χ0v) is 22.3. The van der Waals surface area contributed by atoms with Crippen molar-refractivity contribution >= 4 is 21.8 Å². The van der Waals surface area contributed by atoms with Crippen LogP contribution < -0.4 is 0 Å². The van der Waals surface area contributed by atoms with E-state index in [-0.39, 0.29) is 0 Å². The summed E-state index contributed by atoms with van der Waals surface area (Å²) in [6.07, 6.45) is 2.15. The molecule has 0 unspecified atom stereocenters. The fraction of sp³-hybridized carbons (Fsp3) is 0.0769. The number of rotatable bonds is 3. The zero-order chi connectivity index (χ0) is 26.5. The standard InChI is InChI=1S/C39H29N/c1-3-11-27(12-4-1)28-19-22-31(23-20-28)40-38-18-10-9-17-35(38)37-26-36-30(25-39(37)40)21-24-32(29-13-5-2-6-14-29)33-15-7-8-16-34(33)36/h1-20,22-23,25-26,32H,21,24H2/t32-/m0/s1. The molecule has 1 aliphatic rings. The highest BCUT2D eigenvalue weighted by molar-refractivity contribution is 6.11. The second-order valence-electron chi connectivity index (χ2n) is 10.9. The predicted molar refractivity (Wildman–Crippen MR) is 168 cm³/mol. The number of benzene rings is 6. The lowest BCUT2D eigenvalue weighted by Crippen LogP contribution is -2.01. The smallest absolute Gasteiger partial charge is 0.0544 e. The second-order valence-corrected chi connectivity index (χ2v) is 10.9. The van der Waals surface area contributed by atoms with E-state index >= 15 is 0 Å². The fourth-order valence-corrected chi connectivity index (χ4v) is 6.76. The number of fused-ring (bicyclic) bond motifs is 6. The molecule has 1 aromatic heterocycles. The third kappa shape index (κ3) is 3.70. The van der Waals surface area contributed by atoms with Crippen LogP contribution in [0.25, 0.3) is 49.7 Å². The lowest BCUT2D eigenvalue weighted by molar-refractivity contribution is 0.726. The molecule has 6 aromatic carbocycles. The lowest BCUT2D eigenvalue weighted by Gasteiger charge is -2.18. The molecule has 40 heavy (non-hydrogen) atoms. The van der Waals surface area contributed by atoms with Crippen LogP contribution in [0.2, 0.25) is 0 Å². The van der Waals surface area contributed by atoms with Gasteiger partial charge in [0.15, 0.2) is 0 Å². The number of hydrogen-bond acceptors (Lipinski definition) is 0. The van der Waals surface area contributed by atoms with Gasteiger partial charge in [-0.25, -0.2) is 0 Å². The van der Waals surface area contributed by atoms with Crippen LogP contribution in [0.4, 0.5) is 0 Å². The molecule has 0 radical (unpaired) electrons. The van der Waals surface area contributed by atoms with Crippen molar-refractivity contribution in [3.63, 3.8) is 0 Å². The van der Waals surface area contributed by atoms with Gasteiger partial charge in [-0.2, -0.15) is 0 Å². The van der Waals surface area contributed by atoms with E-state index in [4.69, 9.17) is 0 Å². The Bertz CT molecular complexity index is 1980. The number of nitrogens with zero attached hydrogens (tertiary/aromatic N) is 1. The van der Waals surface area contributed by atoms with Crippen LogP contribution in [0.3, 0.4) is 0 Å². The Morgan fingerprint density at radius 2 is 1.18 bits per heavy atom. The first-order valence-corrected chi connectivity index (χ1v) is 14.2. The molecule has 0 amide bonds. The minimum Gasteiger partial charge on any atom is -0.309 e. The number of aryl methyl sites for hydroxylation is 1. The first kappa shape index (κ1) is 23.0. The molecule has 0 fully saturated rings. The summed E-state index contributed by atoms with van der Waals surface area (Å²) >= 11 is 0. The monoisotopic (exact) mass is 511 g/mol. The molecule has 1 heteroatoms. The lowest BCUT2D eigenvalue weighted by atomic mass is 9.86. The van der Waals surface area contributed by atoms with Crippen molar-refractivity contribution in [2.24, 2.45) is 0 Å². The van der Waals surface area contributed by atoms with Gasteiger partial charge >= 0.3 is 0 Å². The van der Waals surface area contributed by atoms with Crippen molar-refractivity contribution in [3.8, 4) is 27.9 Å². The maximum absolute atomic E-state index is 2.47. The molecule has 1 aliphatic carbocycles. The average molecular weight is 512 g/mol. The topological polar surface area (TPSA) is 4.93 Å². The molecule has 8 rings (SSSR count). The molecule has 1 atom stereocenters. The minimum absolute atomic E-state index is 0.397. The van der Waals surface area contributed by atoms with Crippen LogP contribution in [0.5, 0.6) is 0 Å². The van der Waals surface area contributed by atoms with Crippen LogP contribution in [0.15, 0.2) is 146 Å². The first-order chi connectivity index (χ1) is 19.8. The van der Waals surface area contributed by atoms with Crippen molar-refractivity contribution in [2.45, 2.75) is 18.8 Å². The predicted octanol–water partition coefficient (Wildman–Crippen LogP) is 10.2. The van der Waals surface area contributed by atoms with E-state index in [1.807, 2.05) is 0 Å². The van der Waals surface area contributed by atoms with Crippen molar-refractivity contribution in [2.75, 3.05) is 0 Å². The van der Waals surface area contributed by atoms with Gasteiger partial charge in [0.25, 0.3) is 0 Å². The Morgan fingerprint density at radius 1 is 0.500 bits per heavy atom. The molecule has 0 saturated carbocycles. The number of hydrogen-bond donors (Lipinski definition) is 0. The molecule has 0 bridgehead atoms. The number of para-hydroxylation sites is 1. The van der Waals surface area contributed by atoms with E-state index in [0.717, 1.165) is 12.8 Å². The summed E-state index contributed by atoms with van der Waals surface area (Å²) in [6, 6.07) is 53.5. The Morgan fingerprint density at radius 3 is 2.00 bits per heavy atom. The number of aromatic nitrogens is 1. The molecule has 1 nitrogen and oxygen atoms in total. The summed E-state index contributed by atoms with van der Waals surface area (Å²) in [4.78, 5) is 0. The quantitative estimate of drug-likeness (QED) is 0.222. The van der Waals surface area contributed by atoms with Gasteiger partial charge in [-0.05, 0) is 82.1 Å². The SMILES string of the molecule is c1ccc(-c2ccc(-n3c4ccccc4c4cc5c(cc43)CC[C@@H](c3ccccc3)c3ccccc3-5)cc2)cc1. The average Bonchev–Trinajstić information content (AvgIpc) is 3.25. The zero-order valence-electron chi connectivity index (χ0n) is 22.3. The fourth-order valence-electron chi connectivity index (χ4n) is 6.76. The van der Waals surface area contributed by atoms with Crippen molar-refractivity contribution in [1.82, 2.24) is 4.57 Å². The van der Waals surface area contributed by atoms with Gasteiger partial charge in [0.1, 0.15) is 0 Å². The summed E-state index contributed by atoms with van der Waals surface area (Å²) in [5.41, 5.74) is 13.2. The van der Waals surface area contributed by atoms with E-state index < -0.39 is 0 Å². The molecule has 7 aromatic rings. The van der Waals surface area contributed by atoms with E-state index in [1.54, 1.807) is 0 Å². The summed E-state index contributed by atoms with van der Waals surface area (Å²) in [5.74, 6) is 0.397. The summed E-state index contributed by atoms with van der Waals surface area (Å²) < 4.78 is 2.45. The molecule has 1 heterocycles. The van der Waals surface area contributed by atoms with Crippen molar-refractivity contribution < 1.29 is 0 Å². The van der Waals surface area contributed by atoms with Crippen molar-refractivity contribution in [3.05, 3.63) is 162 Å². The van der Waals surface area contributed by atoms with Gasteiger partial charge in [0.05, 0.1) is 11.0 Å². The summed E-state index contributed by atoms with van der Waals surface area (Å²) in [5, 5.41) is 2.61. The Labute approximate surface area is 235 Å². The molecular formula is C39H29N. The molecule has 0 spiro atoms. The van der Waals surface area contributed by atoms with E-state index in [1.165, 1.54) is 66.4 Å². The van der Waals surface area contributed by atoms with Gasteiger partial charge in [-0.1, -0.05) is 115 Å². The first-order valence-electron chi connectivity index (χ1n) is 14.2. The van der Waals surface area contributed by atoms with Gasteiger partial charge < -0.3 is 4.57 Å². The van der Waals surface area contributed by atoms with Crippen LogP contribution in [-0.4, -0.2) is 4.57 Å². The van der Waals surface area contributed by atoms with E-state index in [9.17, 15) is 0 Å². The van der Waals surface area contributed by atoms with Crippen LogP contribution in [-0.2, 0) is 6.42 Å². The van der Waals surface area contributed by atoms with Gasteiger partial charge in [0, 0.05) is 22.4 Å². The maximum atomic E-state index is 2.47. The van der Waals surface area contributed by atoms with Crippen molar-refractivity contribution in [1.29, 1.82) is 0 Å². The molecule has 0 N–H and O–H groups in total. The minimum atomic E-state index is 0.397. The summed E-state index contributed by atoms with van der Waals surface area (Å²) in [7, 11) is 0. The van der Waals surface area contributed by atoms with Gasteiger partial charge in [-0.15, -0.1) is 0 Å². The Balaban J connectivity index is 1.33. The Hall–Kier alpha value is -4.88. The highest BCUT2D eigenvalue weighted by Gasteiger charge is 2.25. The highest BCUT2D eigenvalue weighted by atomic mass is 15.0. The van der Waals surface area contributed by atoms with E-state index in [0.29, 0.717) is 5.92 Å². The van der Waals surface area contributed by atoms with Crippen LogP contribution >= 0.6 is 0 Å². The van der Waals surface area contributed by atoms with Gasteiger partial charge in [-0.3, -0.25) is 0 Å². The second kappa shape index (κ2) is 9.39. The highest BCUT2D eigenvalue weighted by Crippen LogP contribution is 2.44. The maximum Gasteiger partial charge on any atom is 0.0544 e. The molecular weight excluding hydrogens is 482 g/mol. The van der Waals surface area contributed by atoms with Crippen LogP contribution in [0.1, 0.15) is 29.0 Å². The third-order valence-electron chi connectivity index (χ3n) is 8.66. The largest absolute Gasteiger partial charge is 0.309 e. The molecule has 0 saturated heterocycles. The third-order valence-corrected chi connectivity index (χ3v) is 8.66. The molecule has 0 aliphatic heterocycles. The summed E-state index contributed by atoms with van der Waals surface area (Å²) in [6.45, 7) is 0.